The van der Waals surface area contributed by atoms with Crippen LogP contribution in [-0.4, -0.2) is 45.6 Å². The number of rotatable bonds is 5. The van der Waals surface area contributed by atoms with E-state index >= 15 is 0 Å². The number of aliphatic imine (C=N–C) groups is 1. The fourth-order valence-electron chi connectivity index (χ4n) is 3.66. The summed E-state index contributed by atoms with van der Waals surface area (Å²) in [6, 6.07) is 2.55. The number of thioether (sulfide) groups is 1. The van der Waals surface area contributed by atoms with Gasteiger partial charge in [0.15, 0.2) is 5.17 Å². The summed E-state index contributed by atoms with van der Waals surface area (Å²) in [7, 11) is 0. The van der Waals surface area contributed by atoms with Gasteiger partial charge in [0.05, 0.1) is 18.4 Å². The van der Waals surface area contributed by atoms with Gasteiger partial charge in [0.2, 0.25) is 0 Å². The molecule has 166 valence electrons. The van der Waals surface area contributed by atoms with Crippen LogP contribution in [0.3, 0.4) is 0 Å². The smallest absolute Gasteiger partial charge is 0.387 e. The first-order chi connectivity index (χ1) is 14.7. The number of nitrogens with one attached hydrogen (secondary N) is 1. The lowest BCUT2D eigenvalue weighted by Crippen LogP contribution is -2.52. The van der Waals surface area contributed by atoms with Crippen molar-refractivity contribution in [3.05, 3.63) is 34.4 Å². The van der Waals surface area contributed by atoms with E-state index < -0.39 is 18.1 Å². The molecule has 0 spiro atoms. The Kier molecular flexibility index (Phi) is 5.88. The largest absolute Gasteiger partial charge is 0.433 e. The van der Waals surface area contributed by atoms with Crippen LogP contribution >= 0.6 is 23.1 Å². The van der Waals surface area contributed by atoms with Crippen LogP contribution in [0.4, 0.5) is 14.6 Å². The van der Waals surface area contributed by atoms with Crippen molar-refractivity contribution in [1.82, 2.24) is 9.97 Å². The number of ether oxygens (including phenoxy) is 2. The lowest BCUT2D eigenvalue weighted by atomic mass is 9.77. The Labute approximate surface area is 185 Å². The van der Waals surface area contributed by atoms with Crippen molar-refractivity contribution in [3.63, 3.8) is 0 Å². The highest BCUT2D eigenvalue weighted by atomic mass is 32.2. The first-order valence-corrected chi connectivity index (χ1v) is 11.3. The number of pyridine rings is 1. The maximum Gasteiger partial charge on any atom is 0.387 e. The monoisotopic (exact) mass is 469 g/mol. The first-order valence-electron chi connectivity index (χ1n) is 9.47. The van der Waals surface area contributed by atoms with E-state index in [4.69, 9.17) is 15.5 Å². The Balaban J connectivity index is 1.52. The van der Waals surface area contributed by atoms with Crippen LogP contribution in [0.15, 0.2) is 28.7 Å². The van der Waals surface area contributed by atoms with Gasteiger partial charge < -0.3 is 20.5 Å². The summed E-state index contributed by atoms with van der Waals surface area (Å²) in [5.74, 6) is 0.730. The van der Waals surface area contributed by atoms with E-state index in [9.17, 15) is 13.6 Å². The molecule has 2 aromatic rings. The standard InChI is InChI=1S/C19H21F2N5O3S2/c1-18(2)5-10-7-31-17(22)26-19(10,9-28-18)15-25-13(8-30-15)24-14(27)12-4-3-11(6-23-12)29-16(20)21/h3-4,6,8,10,16H,5,7,9H2,1-2H3,(H2,22,26)(H,24,27)/t10-,19-/m0/s1. The second kappa shape index (κ2) is 8.32. The van der Waals surface area contributed by atoms with Gasteiger partial charge in [0.1, 0.15) is 27.8 Å². The summed E-state index contributed by atoms with van der Waals surface area (Å²) < 4.78 is 34.8. The maximum absolute atomic E-state index is 12.5. The number of hydrogen-bond donors (Lipinski definition) is 2. The van der Waals surface area contributed by atoms with E-state index in [2.05, 4.69) is 33.9 Å². The normalized spacial score (nSPS) is 24.9. The van der Waals surface area contributed by atoms with Gasteiger partial charge in [-0.3, -0.25) is 4.79 Å². The number of thiazole rings is 1. The molecule has 1 saturated heterocycles. The Morgan fingerprint density at radius 3 is 2.94 bits per heavy atom. The van der Waals surface area contributed by atoms with E-state index in [0.29, 0.717) is 17.6 Å². The third-order valence-electron chi connectivity index (χ3n) is 5.15. The number of aromatic nitrogens is 2. The minimum Gasteiger partial charge on any atom is -0.433 e. The molecule has 2 aromatic heterocycles. The van der Waals surface area contributed by atoms with Gasteiger partial charge in [0, 0.05) is 17.1 Å². The fourth-order valence-corrected chi connectivity index (χ4v) is 5.62. The predicted octanol–water partition coefficient (Wildman–Crippen LogP) is 3.46. The Morgan fingerprint density at radius 1 is 1.42 bits per heavy atom. The average Bonchev–Trinajstić information content (AvgIpc) is 3.17. The molecule has 1 fully saturated rings. The van der Waals surface area contributed by atoms with Gasteiger partial charge in [0.25, 0.3) is 5.91 Å². The lowest BCUT2D eigenvalue weighted by molar-refractivity contribution is -0.109. The highest BCUT2D eigenvalue weighted by Gasteiger charge is 2.52. The van der Waals surface area contributed by atoms with Crippen molar-refractivity contribution in [2.75, 3.05) is 17.7 Å². The zero-order valence-electron chi connectivity index (χ0n) is 16.8. The molecule has 0 radical (unpaired) electrons. The number of hydrogen-bond acceptors (Lipinski definition) is 9. The number of nitrogens with zero attached hydrogens (tertiary/aromatic N) is 3. The molecule has 0 aromatic carbocycles. The number of carbonyl (C=O) groups is 1. The minimum absolute atomic E-state index is 0.0475. The number of fused-ring (bicyclic) bond motifs is 1. The van der Waals surface area contributed by atoms with Gasteiger partial charge >= 0.3 is 6.61 Å². The Morgan fingerprint density at radius 2 is 2.23 bits per heavy atom. The van der Waals surface area contributed by atoms with Crippen LogP contribution in [0.25, 0.3) is 0 Å². The Hall–Kier alpha value is -2.31. The Bertz CT molecular complexity index is 999. The van der Waals surface area contributed by atoms with Crippen LogP contribution in [0.1, 0.15) is 35.8 Å². The van der Waals surface area contributed by atoms with Crippen LogP contribution < -0.4 is 15.8 Å². The zero-order valence-corrected chi connectivity index (χ0v) is 18.4. The predicted molar refractivity (Wildman–Crippen MR) is 115 cm³/mol. The highest BCUT2D eigenvalue weighted by molar-refractivity contribution is 8.13. The van der Waals surface area contributed by atoms with Crippen LogP contribution in [0.5, 0.6) is 5.75 Å². The van der Waals surface area contributed by atoms with E-state index in [1.165, 1.54) is 35.2 Å². The third kappa shape index (κ3) is 4.65. The molecule has 0 aliphatic carbocycles. The average molecular weight is 470 g/mol. The summed E-state index contributed by atoms with van der Waals surface area (Å²) in [6.45, 7) is 1.52. The molecular weight excluding hydrogens is 448 g/mol. The molecule has 31 heavy (non-hydrogen) atoms. The number of amides is 1. The van der Waals surface area contributed by atoms with Crippen molar-refractivity contribution in [2.24, 2.45) is 16.6 Å². The second-order valence-electron chi connectivity index (χ2n) is 7.88. The molecule has 1 amide bonds. The summed E-state index contributed by atoms with van der Waals surface area (Å²) in [4.78, 5) is 25.7. The maximum atomic E-state index is 12.5. The lowest BCUT2D eigenvalue weighted by Gasteiger charge is -2.47. The van der Waals surface area contributed by atoms with Crippen molar-refractivity contribution in [3.8, 4) is 5.75 Å². The van der Waals surface area contributed by atoms with E-state index in [1.807, 2.05) is 0 Å². The van der Waals surface area contributed by atoms with E-state index in [0.717, 1.165) is 23.4 Å². The number of alkyl halides is 2. The molecule has 0 bridgehead atoms. The highest BCUT2D eigenvalue weighted by Crippen LogP contribution is 2.49. The molecular formula is C19H21F2N5O3S2. The number of nitrogens with two attached hydrogens (primary N) is 1. The quantitative estimate of drug-likeness (QED) is 0.690. The third-order valence-corrected chi connectivity index (χ3v) is 7.11. The molecule has 2 atom stereocenters. The molecule has 4 heterocycles. The summed E-state index contributed by atoms with van der Waals surface area (Å²) in [5, 5.41) is 5.62. The van der Waals surface area contributed by atoms with Gasteiger partial charge in [-0.15, -0.1) is 11.3 Å². The summed E-state index contributed by atoms with van der Waals surface area (Å²) in [5.41, 5.74) is 5.16. The van der Waals surface area contributed by atoms with Crippen molar-refractivity contribution >= 4 is 40.0 Å². The molecule has 8 nitrogen and oxygen atoms in total. The molecule has 2 aliphatic rings. The van der Waals surface area contributed by atoms with Gasteiger partial charge in [-0.1, -0.05) is 11.8 Å². The fraction of sp³-hybridized carbons (Fsp3) is 0.474. The van der Waals surface area contributed by atoms with E-state index in [-0.39, 0.29) is 23.0 Å². The molecule has 0 saturated carbocycles. The van der Waals surface area contributed by atoms with Crippen molar-refractivity contribution in [1.29, 1.82) is 0 Å². The molecule has 2 aliphatic heterocycles. The molecule has 0 unspecified atom stereocenters. The number of anilines is 1. The van der Waals surface area contributed by atoms with Gasteiger partial charge in [-0.25, -0.2) is 15.0 Å². The van der Waals surface area contributed by atoms with Crippen molar-refractivity contribution < 1.29 is 23.0 Å². The van der Waals surface area contributed by atoms with Crippen LogP contribution in [-0.2, 0) is 10.3 Å². The molecule has 12 heteroatoms. The summed E-state index contributed by atoms with van der Waals surface area (Å²) in [6.07, 6.45) is 1.88. The number of amidine groups is 1. The van der Waals surface area contributed by atoms with Crippen molar-refractivity contribution in [2.45, 2.75) is 38.0 Å². The zero-order chi connectivity index (χ0) is 22.2. The minimum atomic E-state index is -2.96. The first kappa shape index (κ1) is 21.9. The molecule has 3 N–H and O–H groups in total. The number of halogens is 2. The second-order valence-corrected chi connectivity index (χ2v) is 9.78. The van der Waals surface area contributed by atoms with Gasteiger partial charge in [-0.2, -0.15) is 8.78 Å². The van der Waals surface area contributed by atoms with E-state index in [1.54, 1.807) is 5.38 Å². The summed E-state index contributed by atoms with van der Waals surface area (Å²) >= 11 is 2.91. The molecule has 4 rings (SSSR count). The topological polar surface area (TPSA) is 112 Å². The SMILES string of the molecule is CC1(C)C[C@H]2CSC(N)=N[C@@]2(c2nc(NC(=O)c3ccc(OC(F)F)cn3)cs2)CO1. The van der Waals surface area contributed by atoms with Crippen LogP contribution in [0.2, 0.25) is 0 Å². The number of carbonyl (C=O) groups excluding carboxylic acids is 1. The van der Waals surface area contributed by atoms with Gasteiger partial charge in [-0.05, 0) is 32.4 Å². The van der Waals surface area contributed by atoms with Crippen LogP contribution in [0, 0.1) is 5.92 Å².